The molecule has 7 rings (SSSR count). The van der Waals surface area contributed by atoms with E-state index in [9.17, 15) is 4.79 Å². The number of piperidine rings is 1. The van der Waals surface area contributed by atoms with E-state index in [0.717, 1.165) is 44.0 Å². The Labute approximate surface area is 254 Å². The number of rotatable bonds is 8. The van der Waals surface area contributed by atoms with Gasteiger partial charge < -0.3 is 15.6 Å². The monoisotopic (exact) mass is 608 g/mol. The van der Waals surface area contributed by atoms with E-state index in [1.807, 2.05) is 59.5 Å². The highest BCUT2D eigenvalue weighted by Crippen LogP contribution is 2.37. The van der Waals surface area contributed by atoms with Crippen molar-refractivity contribution < 1.29 is 19.0 Å². The zero-order chi connectivity index (χ0) is 28.8. The van der Waals surface area contributed by atoms with E-state index in [-0.39, 0.29) is 19.0 Å². The molecular formula is C30H34ClFN8O3. The van der Waals surface area contributed by atoms with E-state index in [0.29, 0.717) is 53.3 Å². The number of halogens is 2. The van der Waals surface area contributed by atoms with Crippen molar-refractivity contribution in [2.24, 2.45) is 0 Å². The first kappa shape index (κ1) is 29.2. The molecule has 13 heteroatoms. The summed E-state index contributed by atoms with van der Waals surface area (Å²) in [6.45, 7) is 4.56. The third kappa shape index (κ3) is 5.75. The predicted molar refractivity (Wildman–Crippen MR) is 162 cm³/mol. The van der Waals surface area contributed by atoms with E-state index in [1.54, 1.807) is 4.68 Å². The molecule has 0 unspecified atom stereocenters. The predicted octanol–water partition coefficient (Wildman–Crippen LogP) is 3.33. The summed E-state index contributed by atoms with van der Waals surface area (Å²) in [6.07, 6.45) is 0.897. The molecular weight excluding hydrogens is 575 g/mol. The Kier molecular flexibility index (Phi) is 8.19. The van der Waals surface area contributed by atoms with Crippen LogP contribution < -0.4 is 10.5 Å². The number of nitrogens with zero attached hydrogens (tertiary/aromatic N) is 7. The zero-order valence-corrected chi connectivity index (χ0v) is 24.3. The molecule has 3 aliphatic heterocycles. The fourth-order valence-electron chi connectivity index (χ4n) is 6.37. The number of nitrogens with two attached hydrogens (primary N) is 1. The van der Waals surface area contributed by atoms with E-state index in [4.69, 9.17) is 20.7 Å². The van der Waals surface area contributed by atoms with Crippen LogP contribution in [0.15, 0.2) is 60.9 Å². The van der Waals surface area contributed by atoms with Crippen molar-refractivity contribution in [3.63, 3.8) is 0 Å². The number of benzene rings is 2. The van der Waals surface area contributed by atoms with Crippen molar-refractivity contribution in [2.45, 2.75) is 30.7 Å². The fraction of sp³-hybridized carbons (Fsp3) is 0.400. The third-order valence-electron chi connectivity index (χ3n) is 8.70. The van der Waals surface area contributed by atoms with Gasteiger partial charge in [-0.25, -0.2) is 19.0 Å². The number of para-hydroxylation sites is 1. The molecule has 3 fully saturated rings. The van der Waals surface area contributed by atoms with Gasteiger partial charge in [0.2, 0.25) is 0 Å². The van der Waals surface area contributed by atoms with Crippen LogP contribution >= 0.6 is 12.4 Å². The number of anilines is 1. The van der Waals surface area contributed by atoms with Gasteiger partial charge in [0.25, 0.3) is 0 Å². The second-order valence-electron chi connectivity index (χ2n) is 11.4. The van der Waals surface area contributed by atoms with Gasteiger partial charge in [-0.3, -0.25) is 19.5 Å². The number of carboxylic acid groups (broad SMARTS) is 1. The van der Waals surface area contributed by atoms with Crippen LogP contribution in [0.25, 0.3) is 22.3 Å². The Hall–Kier alpha value is -3.84. The van der Waals surface area contributed by atoms with Crippen LogP contribution in [0.4, 0.5) is 10.2 Å². The standard InChI is InChI=1S/C30H33FN8O3.ClH/c31-24-16-37(21-14-38(15-21)20-12-36(13-20)17-26(40)41)11-10-25(24)39-30-27(29(32)33-18-34-30)28(35-39)19-6-8-23(9-7-19)42-22-4-2-1-3-5-22;/h1-9,18,20-21,24-25H,10-17H2,(H,40,41)(H2,32,33,34);1H/t24-,25-;/m1./s1. The summed E-state index contributed by atoms with van der Waals surface area (Å²) in [7, 11) is 0. The van der Waals surface area contributed by atoms with Gasteiger partial charge in [-0.1, -0.05) is 18.2 Å². The first-order chi connectivity index (χ1) is 20.4. The Morgan fingerprint density at radius 3 is 2.35 bits per heavy atom. The number of fused-ring (bicyclic) bond motifs is 1. The summed E-state index contributed by atoms with van der Waals surface area (Å²) in [6, 6.07) is 17.4. The molecule has 3 N–H and O–H groups in total. The molecule has 2 aromatic heterocycles. The van der Waals surface area contributed by atoms with Gasteiger partial charge in [0.1, 0.15) is 35.5 Å². The maximum absolute atomic E-state index is 15.8. The maximum Gasteiger partial charge on any atom is 0.317 e. The van der Waals surface area contributed by atoms with Crippen LogP contribution in [0.3, 0.4) is 0 Å². The highest BCUT2D eigenvalue weighted by molar-refractivity contribution is 5.98. The number of likely N-dealkylation sites (tertiary alicyclic amines) is 3. The molecule has 43 heavy (non-hydrogen) atoms. The normalized spacial score (nSPS) is 22.1. The lowest BCUT2D eigenvalue weighted by molar-refractivity contribution is -0.141. The largest absolute Gasteiger partial charge is 0.480 e. The summed E-state index contributed by atoms with van der Waals surface area (Å²) in [5.41, 5.74) is 8.29. The molecule has 2 aromatic carbocycles. The number of aromatic nitrogens is 4. The minimum Gasteiger partial charge on any atom is -0.480 e. The van der Waals surface area contributed by atoms with Gasteiger partial charge in [0, 0.05) is 56.9 Å². The molecule has 0 spiro atoms. The Morgan fingerprint density at radius 2 is 1.65 bits per heavy atom. The Morgan fingerprint density at radius 1 is 0.953 bits per heavy atom. The second kappa shape index (κ2) is 12.0. The summed E-state index contributed by atoms with van der Waals surface area (Å²) >= 11 is 0. The third-order valence-corrected chi connectivity index (χ3v) is 8.70. The van der Waals surface area contributed by atoms with Gasteiger partial charge in [-0.05, 0) is 42.8 Å². The number of hydrogen-bond donors (Lipinski definition) is 2. The molecule has 0 radical (unpaired) electrons. The molecule has 11 nitrogen and oxygen atoms in total. The Bertz CT molecular complexity index is 1580. The number of ether oxygens (including phenoxy) is 1. The highest BCUT2D eigenvalue weighted by atomic mass is 35.5. The van der Waals surface area contributed by atoms with Gasteiger partial charge in [-0.2, -0.15) is 5.10 Å². The van der Waals surface area contributed by atoms with E-state index < -0.39 is 18.2 Å². The second-order valence-corrected chi connectivity index (χ2v) is 11.4. The fourth-order valence-corrected chi connectivity index (χ4v) is 6.37. The maximum atomic E-state index is 15.8. The minimum atomic E-state index is -1.11. The summed E-state index contributed by atoms with van der Waals surface area (Å²) < 4.78 is 23.5. The molecule has 0 amide bonds. The zero-order valence-electron chi connectivity index (χ0n) is 23.5. The lowest BCUT2D eigenvalue weighted by Gasteiger charge is -2.55. The first-order valence-corrected chi connectivity index (χ1v) is 14.3. The van der Waals surface area contributed by atoms with Crippen molar-refractivity contribution in [3.8, 4) is 22.8 Å². The van der Waals surface area contributed by atoms with Gasteiger partial charge >= 0.3 is 5.97 Å². The van der Waals surface area contributed by atoms with Crippen LogP contribution in [0.1, 0.15) is 12.5 Å². The molecule has 5 heterocycles. The van der Waals surface area contributed by atoms with Crippen LogP contribution in [-0.4, -0.2) is 110 Å². The quantitative estimate of drug-likeness (QED) is 0.308. The van der Waals surface area contributed by atoms with Gasteiger partial charge in [0.05, 0.1) is 18.0 Å². The lowest BCUT2D eigenvalue weighted by Crippen LogP contribution is -2.70. The van der Waals surface area contributed by atoms with Crippen molar-refractivity contribution in [2.75, 3.05) is 51.5 Å². The summed E-state index contributed by atoms with van der Waals surface area (Å²) in [5.74, 6) is 0.965. The number of carbonyl (C=O) groups is 1. The summed E-state index contributed by atoms with van der Waals surface area (Å²) in [5, 5.41) is 14.4. The molecule has 226 valence electrons. The van der Waals surface area contributed by atoms with Crippen molar-refractivity contribution in [1.82, 2.24) is 34.4 Å². The average Bonchev–Trinajstić information content (AvgIpc) is 3.32. The van der Waals surface area contributed by atoms with Crippen LogP contribution in [-0.2, 0) is 4.79 Å². The first-order valence-electron chi connectivity index (χ1n) is 14.3. The van der Waals surface area contributed by atoms with Crippen molar-refractivity contribution >= 4 is 35.2 Å². The Balaban J connectivity index is 0.00000329. The molecule has 0 saturated carbocycles. The minimum absolute atomic E-state index is 0. The smallest absolute Gasteiger partial charge is 0.317 e. The highest BCUT2D eigenvalue weighted by Gasteiger charge is 2.44. The number of carboxylic acids is 1. The molecule has 3 saturated heterocycles. The van der Waals surface area contributed by atoms with E-state index in [1.165, 1.54) is 6.33 Å². The molecule has 4 aromatic rings. The van der Waals surface area contributed by atoms with E-state index in [2.05, 4.69) is 19.8 Å². The number of nitrogen functional groups attached to an aromatic ring is 1. The number of hydrogen-bond acceptors (Lipinski definition) is 9. The van der Waals surface area contributed by atoms with Crippen LogP contribution in [0.2, 0.25) is 0 Å². The van der Waals surface area contributed by atoms with Crippen LogP contribution in [0.5, 0.6) is 11.5 Å². The van der Waals surface area contributed by atoms with E-state index >= 15 is 4.39 Å². The van der Waals surface area contributed by atoms with Crippen molar-refractivity contribution in [1.29, 1.82) is 0 Å². The lowest BCUT2D eigenvalue weighted by atomic mass is 9.95. The van der Waals surface area contributed by atoms with Gasteiger partial charge in [0.15, 0.2) is 5.65 Å². The molecule has 0 aliphatic carbocycles. The number of alkyl halides is 1. The van der Waals surface area contributed by atoms with Crippen LogP contribution in [0, 0.1) is 0 Å². The SMILES string of the molecule is Cl.Nc1ncnc2c1c(-c1ccc(Oc3ccccc3)cc1)nn2[C@@H]1CCN(C2CN(C3CN(CC(=O)O)C3)C2)C[C@H]1F. The van der Waals surface area contributed by atoms with Gasteiger partial charge in [-0.15, -0.1) is 12.4 Å². The molecule has 3 aliphatic rings. The van der Waals surface area contributed by atoms with Crippen molar-refractivity contribution in [3.05, 3.63) is 60.9 Å². The molecule has 0 bridgehead atoms. The topological polar surface area (TPSA) is 126 Å². The average molecular weight is 609 g/mol. The summed E-state index contributed by atoms with van der Waals surface area (Å²) in [4.78, 5) is 26.1. The molecule has 2 atom stereocenters. The number of aliphatic carboxylic acids is 1.